The summed E-state index contributed by atoms with van der Waals surface area (Å²) in [7, 11) is -3.72. The molecule has 3 N–H and O–H groups in total. The van der Waals surface area contributed by atoms with E-state index in [1.54, 1.807) is 32.9 Å². The maximum absolute atomic E-state index is 13.0. The molecule has 204 valence electrons. The van der Waals surface area contributed by atoms with Crippen LogP contribution in [-0.2, 0) is 9.84 Å². The molecule has 3 aromatic rings. The highest BCUT2D eigenvalue weighted by Crippen LogP contribution is 2.37. The molecule has 0 amide bonds. The quantitative estimate of drug-likeness (QED) is 0.274. The Morgan fingerprint density at radius 1 is 1.18 bits per heavy atom. The number of halogens is 1. The lowest BCUT2D eigenvalue weighted by atomic mass is 9.87. The van der Waals surface area contributed by atoms with Crippen molar-refractivity contribution in [1.29, 1.82) is 0 Å². The maximum Gasteiger partial charge on any atom is 0.229 e. The molecule has 0 aliphatic carbocycles. The lowest BCUT2D eigenvalue weighted by Crippen LogP contribution is -2.27. The number of rotatable bonds is 9. The summed E-state index contributed by atoms with van der Waals surface area (Å²) in [5.41, 5.74) is 0.938. The number of ether oxygens (including phenoxy) is 1. The van der Waals surface area contributed by atoms with Crippen LogP contribution in [0.5, 0.6) is 5.75 Å². The predicted molar refractivity (Wildman–Crippen MR) is 154 cm³/mol. The second-order valence-electron chi connectivity index (χ2n) is 8.95. The average Bonchev–Trinajstić information content (AvgIpc) is 2.93. The Bertz CT molecular complexity index is 1790. The van der Waals surface area contributed by atoms with Crippen molar-refractivity contribution in [2.24, 2.45) is 0 Å². The van der Waals surface area contributed by atoms with Gasteiger partial charge < -0.3 is 20.7 Å². The molecule has 8 nitrogen and oxygen atoms in total. The van der Waals surface area contributed by atoms with Gasteiger partial charge in [0.1, 0.15) is 10.8 Å². The Kier molecular flexibility index (Phi) is 5.30. The fourth-order valence-electron chi connectivity index (χ4n) is 3.97. The van der Waals surface area contributed by atoms with E-state index in [2.05, 4.69) is 25.9 Å². The Morgan fingerprint density at radius 2 is 1.92 bits per heavy atom. The van der Waals surface area contributed by atoms with Crippen molar-refractivity contribution >= 4 is 44.6 Å². The Balaban J connectivity index is 1.82. The third kappa shape index (κ3) is 6.39. The number of benzene rings is 2. The topological polar surface area (TPSA) is 105 Å². The van der Waals surface area contributed by atoms with Crippen molar-refractivity contribution in [3.8, 4) is 5.75 Å². The first-order valence-corrected chi connectivity index (χ1v) is 13.7. The maximum atomic E-state index is 13.0. The first-order valence-electron chi connectivity index (χ1n) is 17.3. The van der Waals surface area contributed by atoms with Gasteiger partial charge in [0.25, 0.3) is 0 Å². The fraction of sp³-hybridized carbons (Fsp3) is 0.429. The van der Waals surface area contributed by atoms with Gasteiger partial charge in [0.05, 0.1) is 35.2 Å². The molecule has 0 spiro atoms. The summed E-state index contributed by atoms with van der Waals surface area (Å²) in [4.78, 5) is 8.50. The number of nitrogens with one attached hydrogen (secondary N) is 3. The molecule has 1 saturated heterocycles. The molecular formula is C28H36ClN5O3S. The highest BCUT2D eigenvalue weighted by atomic mass is 35.5. The zero-order chi connectivity index (χ0) is 37.0. The summed E-state index contributed by atoms with van der Waals surface area (Å²) in [6.45, 7) is -6.44. The van der Waals surface area contributed by atoms with Crippen LogP contribution in [0.2, 0.25) is 5.02 Å². The first-order chi connectivity index (χ1) is 22.3. The zero-order valence-corrected chi connectivity index (χ0v) is 22.6. The van der Waals surface area contributed by atoms with Crippen molar-refractivity contribution < 1.29 is 28.2 Å². The van der Waals surface area contributed by atoms with E-state index in [1.165, 1.54) is 30.5 Å². The van der Waals surface area contributed by atoms with Gasteiger partial charge in [-0.2, -0.15) is 4.98 Å². The van der Waals surface area contributed by atoms with Crippen molar-refractivity contribution in [2.45, 2.75) is 69.5 Å². The smallest absolute Gasteiger partial charge is 0.229 e. The van der Waals surface area contributed by atoms with Gasteiger partial charge in [-0.25, -0.2) is 13.4 Å². The SMILES string of the molecule is [2H]C1([2H])CC(c2cc(OC([2H])(C([2H])([2H])[2H])C([2H])([2H])[2H])c(Nc3ncc(Cl)c(Nc4ccccc4S(=O)(=O)C(C)C)n3)cc2C)CC([2H])([2H])N1. The minimum absolute atomic E-state index is 0.00359. The summed E-state index contributed by atoms with van der Waals surface area (Å²) in [5.74, 6) is -1.36. The molecule has 0 bridgehead atoms. The van der Waals surface area contributed by atoms with E-state index in [-0.39, 0.29) is 45.9 Å². The molecule has 0 saturated carbocycles. The summed E-state index contributed by atoms with van der Waals surface area (Å²) >= 11 is 6.37. The van der Waals surface area contributed by atoms with Crippen LogP contribution in [0.3, 0.4) is 0 Å². The van der Waals surface area contributed by atoms with Gasteiger partial charge >= 0.3 is 0 Å². The highest BCUT2D eigenvalue weighted by Gasteiger charge is 2.24. The number of aromatic nitrogens is 2. The molecule has 4 rings (SSSR count). The minimum atomic E-state index is -3.72. The van der Waals surface area contributed by atoms with Crippen LogP contribution < -0.4 is 20.7 Å². The number of para-hydroxylation sites is 1. The Morgan fingerprint density at radius 3 is 2.63 bits per heavy atom. The van der Waals surface area contributed by atoms with Crippen molar-refractivity contribution in [3.05, 3.63) is 58.7 Å². The van der Waals surface area contributed by atoms with E-state index in [4.69, 9.17) is 31.4 Å². The van der Waals surface area contributed by atoms with Crippen molar-refractivity contribution in [2.75, 3.05) is 23.6 Å². The molecular weight excluding hydrogens is 522 g/mol. The molecule has 1 aromatic heterocycles. The van der Waals surface area contributed by atoms with E-state index in [1.807, 2.05) is 0 Å². The normalized spacial score (nSPS) is 22.5. The lowest BCUT2D eigenvalue weighted by molar-refractivity contribution is 0.243. The number of aryl methyl sites for hydroxylation is 1. The molecule has 0 unspecified atom stereocenters. The molecule has 10 heteroatoms. The summed E-state index contributed by atoms with van der Waals surface area (Å²) in [6, 6.07) is 8.85. The predicted octanol–water partition coefficient (Wildman–Crippen LogP) is 6.36. The second-order valence-corrected chi connectivity index (χ2v) is 11.8. The third-order valence-corrected chi connectivity index (χ3v) is 8.44. The summed E-state index contributed by atoms with van der Waals surface area (Å²) in [6.07, 6.45) is -2.60. The van der Waals surface area contributed by atoms with Crippen LogP contribution in [0.15, 0.2) is 47.5 Å². The van der Waals surface area contributed by atoms with Gasteiger partial charge in [-0.1, -0.05) is 23.7 Å². The van der Waals surface area contributed by atoms with Gasteiger partial charge in [-0.05, 0) is 102 Å². The van der Waals surface area contributed by atoms with Crippen LogP contribution >= 0.6 is 11.6 Å². The Labute approximate surface area is 246 Å². The highest BCUT2D eigenvalue weighted by molar-refractivity contribution is 7.92. The van der Waals surface area contributed by atoms with Crippen LogP contribution in [0, 0.1) is 6.92 Å². The third-order valence-electron chi connectivity index (χ3n) is 5.95. The largest absolute Gasteiger partial charge is 0.489 e. The molecule has 38 heavy (non-hydrogen) atoms. The molecule has 1 aliphatic heterocycles. The van der Waals surface area contributed by atoms with E-state index >= 15 is 0 Å². The number of anilines is 4. The van der Waals surface area contributed by atoms with Gasteiger partial charge in [0.2, 0.25) is 5.95 Å². The molecule has 0 radical (unpaired) electrons. The van der Waals surface area contributed by atoms with Crippen LogP contribution in [-0.4, -0.2) is 42.7 Å². The number of nitrogens with zero attached hydrogens (tertiary/aromatic N) is 2. The molecule has 1 aliphatic rings. The van der Waals surface area contributed by atoms with E-state index < -0.39 is 59.5 Å². The summed E-state index contributed by atoms with van der Waals surface area (Å²) in [5, 5.41) is 7.34. The van der Waals surface area contributed by atoms with E-state index in [9.17, 15) is 8.42 Å². The second kappa shape index (κ2) is 11.9. The molecule has 2 heterocycles. The van der Waals surface area contributed by atoms with Crippen LogP contribution in [0.4, 0.5) is 23.1 Å². The number of hydrogen-bond donors (Lipinski definition) is 3. The molecule has 0 atom stereocenters. The standard InChI is InChI=1S/C28H36ClN5O3S/c1-17(2)37-25-15-21(20-10-12-30-13-11-20)19(5)14-24(25)33-28-31-16-22(29)27(34-28)32-23-8-6-7-9-26(23)38(35,36)18(3)4/h6-9,14-18,20,30H,10-13H2,1-5H3,(H2,31,32,33,34)/i1D3,2D3,12D2,13D2,17D. The summed E-state index contributed by atoms with van der Waals surface area (Å²) < 4.78 is 120. The van der Waals surface area contributed by atoms with E-state index in [0.717, 1.165) is 0 Å². The number of sulfone groups is 1. The van der Waals surface area contributed by atoms with Gasteiger partial charge in [0.15, 0.2) is 15.7 Å². The molecule has 1 fully saturated rings. The Hall–Kier alpha value is -2.88. The van der Waals surface area contributed by atoms with Gasteiger partial charge in [-0.3, -0.25) is 0 Å². The van der Waals surface area contributed by atoms with Crippen molar-refractivity contribution in [1.82, 2.24) is 15.3 Å². The van der Waals surface area contributed by atoms with Crippen molar-refractivity contribution in [3.63, 3.8) is 0 Å². The monoisotopic (exact) mass is 568 g/mol. The average molecular weight is 569 g/mol. The zero-order valence-electron chi connectivity index (χ0n) is 32.0. The van der Waals surface area contributed by atoms with Gasteiger partial charge in [0, 0.05) is 13.7 Å². The lowest BCUT2D eigenvalue weighted by Gasteiger charge is -2.26. The number of piperidine rings is 1. The number of hydrogen-bond acceptors (Lipinski definition) is 8. The first kappa shape index (κ1) is 16.9. The van der Waals surface area contributed by atoms with Gasteiger partial charge in [-0.15, -0.1) is 0 Å². The van der Waals surface area contributed by atoms with E-state index in [0.29, 0.717) is 11.1 Å². The molecule has 2 aromatic carbocycles. The fourth-order valence-corrected chi connectivity index (χ4v) is 5.31. The minimum Gasteiger partial charge on any atom is -0.489 e. The van der Waals surface area contributed by atoms with Crippen LogP contribution in [0.1, 0.15) is 72.5 Å². The van der Waals surface area contributed by atoms with Crippen LogP contribution in [0.25, 0.3) is 0 Å².